The number of nitrogens with zero attached hydrogens (tertiary/aromatic N) is 3. The first-order valence-electron chi connectivity index (χ1n) is 6.44. The number of aromatic carboxylic acids is 1. The Morgan fingerprint density at radius 3 is 2.67 bits per heavy atom. The maximum Gasteiger partial charge on any atom is 0.338 e. The summed E-state index contributed by atoms with van der Waals surface area (Å²) < 4.78 is 13.8. The number of anilines is 1. The van der Waals surface area contributed by atoms with Crippen LogP contribution < -0.4 is 4.90 Å². The maximum absolute atomic E-state index is 13.8. The van der Waals surface area contributed by atoms with Crippen LogP contribution >= 0.6 is 0 Å². The number of likely N-dealkylation sites (N-methyl/N-ethyl adjacent to an activating group) is 1. The summed E-state index contributed by atoms with van der Waals surface area (Å²) in [6, 6.07) is 1.96. The molecular formula is C13H16FN3O4. The quantitative estimate of drug-likeness (QED) is 0.670. The zero-order valence-electron chi connectivity index (χ0n) is 11.7. The fraction of sp³-hybridized carbons (Fsp3) is 0.462. The van der Waals surface area contributed by atoms with Gasteiger partial charge in [-0.2, -0.15) is 0 Å². The average molecular weight is 297 g/mol. The lowest BCUT2D eigenvalue weighted by molar-refractivity contribution is -0.384. The monoisotopic (exact) mass is 297 g/mol. The number of nitro groups is 1. The standard InChI is InChI=1S/C13H16FN3O4/c1-15(2)8-3-4-16(7-8)11-6-10(14)9(13(18)19)5-12(11)17(20)21/h5-6,8H,3-4,7H2,1-2H3,(H,18,19). The Morgan fingerprint density at radius 1 is 1.52 bits per heavy atom. The number of hydrogen-bond donors (Lipinski definition) is 1. The summed E-state index contributed by atoms with van der Waals surface area (Å²) in [7, 11) is 3.83. The third-order valence-corrected chi connectivity index (χ3v) is 3.73. The molecule has 1 N–H and O–H groups in total. The van der Waals surface area contributed by atoms with Gasteiger partial charge in [-0.05, 0) is 20.5 Å². The zero-order chi connectivity index (χ0) is 15.7. The average Bonchev–Trinajstić information content (AvgIpc) is 2.87. The van der Waals surface area contributed by atoms with E-state index >= 15 is 0 Å². The molecule has 1 aliphatic heterocycles. The van der Waals surface area contributed by atoms with Crippen molar-refractivity contribution in [3.05, 3.63) is 33.6 Å². The third-order valence-electron chi connectivity index (χ3n) is 3.73. The van der Waals surface area contributed by atoms with Crippen molar-refractivity contribution in [1.29, 1.82) is 0 Å². The molecule has 114 valence electrons. The third kappa shape index (κ3) is 2.94. The lowest BCUT2D eigenvalue weighted by atomic mass is 10.1. The van der Waals surface area contributed by atoms with Crippen molar-refractivity contribution < 1.29 is 19.2 Å². The topological polar surface area (TPSA) is 86.9 Å². The molecule has 0 spiro atoms. The minimum absolute atomic E-state index is 0.131. The molecule has 1 atom stereocenters. The van der Waals surface area contributed by atoms with Crippen LogP contribution in [-0.4, -0.2) is 54.1 Å². The fourth-order valence-electron chi connectivity index (χ4n) is 2.50. The van der Waals surface area contributed by atoms with Gasteiger partial charge in [0.05, 0.1) is 4.92 Å². The summed E-state index contributed by atoms with van der Waals surface area (Å²) in [6.07, 6.45) is 0.812. The number of halogens is 1. The number of carboxylic acid groups (broad SMARTS) is 1. The largest absolute Gasteiger partial charge is 0.478 e. The van der Waals surface area contributed by atoms with Crippen LogP contribution in [0.5, 0.6) is 0 Å². The highest BCUT2D eigenvalue weighted by Gasteiger charge is 2.30. The van der Waals surface area contributed by atoms with E-state index in [1.54, 1.807) is 4.90 Å². The second kappa shape index (κ2) is 5.65. The van der Waals surface area contributed by atoms with Crippen molar-refractivity contribution in [3.8, 4) is 0 Å². The molecule has 7 nitrogen and oxygen atoms in total. The minimum Gasteiger partial charge on any atom is -0.478 e. The van der Waals surface area contributed by atoms with Crippen LogP contribution in [0.1, 0.15) is 16.8 Å². The van der Waals surface area contributed by atoms with Gasteiger partial charge >= 0.3 is 5.97 Å². The second-order valence-electron chi connectivity index (χ2n) is 5.24. The van der Waals surface area contributed by atoms with Crippen molar-refractivity contribution in [2.45, 2.75) is 12.5 Å². The van der Waals surface area contributed by atoms with Gasteiger partial charge in [-0.15, -0.1) is 0 Å². The van der Waals surface area contributed by atoms with E-state index < -0.39 is 22.3 Å². The second-order valence-corrected chi connectivity index (χ2v) is 5.24. The van der Waals surface area contributed by atoms with Crippen molar-refractivity contribution in [3.63, 3.8) is 0 Å². The van der Waals surface area contributed by atoms with Crippen LogP contribution in [0.4, 0.5) is 15.8 Å². The molecule has 1 aromatic rings. The molecule has 2 rings (SSSR count). The highest BCUT2D eigenvalue weighted by molar-refractivity contribution is 5.90. The molecule has 1 aliphatic rings. The van der Waals surface area contributed by atoms with E-state index in [4.69, 9.17) is 5.11 Å². The van der Waals surface area contributed by atoms with E-state index in [0.717, 1.165) is 18.6 Å². The summed E-state index contributed by atoms with van der Waals surface area (Å²) in [5.41, 5.74) is -0.936. The Bertz CT molecular complexity index is 591. The Hall–Kier alpha value is -2.22. The lowest BCUT2D eigenvalue weighted by Gasteiger charge is -2.21. The molecule has 1 fully saturated rings. The van der Waals surface area contributed by atoms with Crippen molar-refractivity contribution in [2.24, 2.45) is 0 Å². The summed E-state index contributed by atoms with van der Waals surface area (Å²) in [5, 5.41) is 20.0. The van der Waals surface area contributed by atoms with Crippen LogP contribution in [0.15, 0.2) is 12.1 Å². The van der Waals surface area contributed by atoms with Gasteiger partial charge in [0.25, 0.3) is 5.69 Å². The van der Waals surface area contributed by atoms with Crippen LogP contribution in [0.2, 0.25) is 0 Å². The van der Waals surface area contributed by atoms with Gasteiger partial charge in [0.15, 0.2) is 0 Å². The van der Waals surface area contributed by atoms with Crippen molar-refractivity contribution in [2.75, 3.05) is 32.1 Å². The Balaban J connectivity index is 2.42. The molecule has 1 saturated heterocycles. The van der Waals surface area contributed by atoms with Crippen molar-refractivity contribution in [1.82, 2.24) is 4.90 Å². The molecule has 1 heterocycles. The number of benzene rings is 1. The van der Waals surface area contributed by atoms with E-state index in [2.05, 4.69) is 0 Å². The predicted octanol–water partition coefficient (Wildman–Crippen LogP) is 1.57. The first kappa shape index (κ1) is 15.2. The summed E-state index contributed by atoms with van der Waals surface area (Å²) in [6.45, 7) is 1.11. The van der Waals surface area contributed by atoms with Crippen LogP contribution in [-0.2, 0) is 0 Å². The van der Waals surface area contributed by atoms with E-state index in [1.165, 1.54) is 0 Å². The number of carboxylic acids is 1. The maximum atomic E-state index is 13.8. The number of carbonyl (C=O) groups is 1. The van der Waals surface area contributed by atoms with Crippen LogP contribution in [0, 0.1) is 15.9 Å². The van der Waals surface area contributed by atoms with Gasteiger partial charge in [0.1, 0.15) is 17.1 Å². The number of rotatable bonds is 4. The van der Waals surface area contributed by atoms with Crippen molar-refractivity contribution >= 4 is 17.3 Å². The SMILES string of the molecule is CN(C)C1CCN(c2cc(F)c(C(=O)O)cc2[N+](=O)[O-])C1. The van der Waals surface area contributed by atoms with Gasteiger partial charge in [-0.25, -0.2) is 9.18 Å². The number of nitro benzene ring substituents is 1. The van der Waals surface area contributed by atoms with E-state index in [1.807, 2.05) is 19.0 Å². The molecule has 8 heteroatoms. The minimum atomic E-state index is -1.52. The molecule has 0 radical (unpaired) electrons. The summed E-state index contributed by atoms with van der Waals surface area (Å²) in [5.74, 6) is -2.48. The first-order valence-corrected chi connectivity index (χ1v) is 6.44. The summed E-state index contributed by atoms with van der Waals surface area (Å²) >= 11 is 0. The fourth-order valence-corrected chi connectivity index (χ4v) is 2.50. The highest BCUT2D eigenvalue weighted by Crippen LogP contribution is 2.33. The first-order chi connectivity index (χ1) is 9.81. The molecule has 0 amide bonds. The molecule has 1 aromatic carbocycles. The lowest BCUT2D eigenvalue weighted by Crippen LogP contribution is -2.31. The Morgan fingerprint density at radius 2 is 2.19 bits per heavy atom. The van der Waals surface area contributed by atoms with Gasteiger partial charge in [0.2, 0.25) is 0 Å². The van der Waals surface area contributed by atoms with Gasteiger partial charge in [-0.3, -0.25) is 10.1 Å². The predicted molar refractivity (Wildman–Crippen MR) is 74.3 cm³/mol. The van der Waals surface area contributed by atoms with Gasteiger partial charge < -0.3 is 14.9 Å². The van der Waals surface area contributed by atoms with Gasteiger partial charge in [-0.1, -0.05) is 0 Å². The molecule has 0 aliphatic carbocycles. The van der Waals surface area contributed by atoms with E-state index in [0.29, 0.717) is 13.1 Å². The molecule has 0 saturated carbocycles. The summed E-state index contributed by atoms with van der Waals surface area (Å²) in [4.78, 5) is 25.1. The van der Waals surface area contributed by atoms with Crippen LogP contribution in [0.3, 0.4) is 0 Å². The molecular weight excluding hydrogens is 281 g/mol. The number of hydrogen-bond acceptors (Lipinski definition) is 5. The zero-order valence-corrected chi connectivity index (χ0v) is 11.7. The molecule has 21 heavy (non-hydrogen) atoms. The molecule has 0 aromatic heterocycles. The Kier molecular flexibility index (Phi) is 4.08. The van der Waals surface area contributed by atoms with Crippen LogP contribution in [0.25, 0.3) is 0 Å². The smallest absolute Gasteiger partial charge is 0.338 e. The molecule has 0 bridgehead atoms. The Labute approximate surface area is 120 Å². The molecule has 1 unspecified atom stereocenters. The highest BCUT2D eigenvalue weighted by atomic mass is 19.1. The van der Waals surface area contributed by atoms with Gasteiger partial charge in [0, 0.05) is 31.3 Å². The normalized spacial score (nSPS) is 18.3. The van der Waals surface area contributed by atoms with E-state index in [-0.39, 0.29) is 17.4 Å². The van der Waals surface area contributed by atoms with E-state index in [9.17, 15) is 19.3 Å².